The molecule has 7 nitrogen and oxygen atoms in total. The summed E-state index contributed by atoms with van der Waals surface area (Å²) in [5.74, 6) is -0.209. The highest BCUT2D eigenvalue weighted by Crippen LogP contribution is 2.48. The number of benzene rings is 2. The van der Waals surface area contributed by atoms with Crippen molar-refractivity contribution in [2.24, 2.45) is 0 Å². The Kier molecular flexibility index (Phi) is 3.42. The molecule has 7 heteroatoms. The van der Waals surface area contributed by atoms with Gasteiger partial charge in [-0.25, -0.2) is 9.36 Å². The van der Waals surface area contributed by atoms with E-state index < -0.39 is 0 Å². The first-order chi connectivity index (χ1) is 13.1. The van der Waals surface area contributed by atoms with Gasteiger partial charge in [-0.2, -0.15) is 0 Å². The van der Waals surface area contributed by atoms with Crippen LogP contribution >= 0.6 is 0 Å². The predicted molar refractivity (Wildman–Crippen MR) is 99.2 cm³/mol. The molecule has 2 atom stereocenters. The number of ether oxygens (including phenoxy) is 1. The number of likely N-dealkylation sites (tertiary alicyclic amines) is 1. The van der Waals surface area contributed by atoms with Crippen LogP contribution in [-0.4, -0.2) is 45.3 Å². The lowest BCUT2D eigenvalue weighted by Crippen LogP contribution is -2.39. The van der Waals surface area contributed by atoms with E-state index in [0.717, 1.165) is 10.8 Å². The standard InChI is InChI=1S/C20H19N3O4/c1-27-11-17(24)21-10-13-9-16(21)18-19(25)23(20(26)22(13)18)15-8-4-6-12-5-2-3-7-14(12)15/h2-8,13,16,25H,9-11H2,1H3. The van der Waals surface area contributed by atoms with Crippen LogP contribution in [0.2, 0.25) is 0 Å². The predicted octanol–water partition coefficient (Wildman–Crippen LogP) is 1.97. The molecular formula is C20H19N3O4. The number of carbonyl (C=O) groups is 1. The average Bonchev–Trinajstić information content (AvgIpc) is 3.33. The van der Waals surface area contributed by atoms with Crippen LogP contribution in [0, 0.1) is 0 Å². The summed E-state index contributed by atoms with van der Waals surface area (Å²) in [7, 11) is 1.48. The molecule has 1 fully saturated rings. The molecule has 1 amide bonds. The molecule has 2 aromatic carbocycles. The number of hydrogen-bond acceptors (Lipinski definition) is 4. The van der Waals surface area contributed by atoms with Gasteiger partial charge in [-0.15, -0.1) is 0 Å². The number of fused-ring (bicyclic) bond motifs is 6. The largest absolute Gasteiger partial charge is 0.493 e. The molecule has 1 N–H and O–H groups in total. The maximum atomic E-state index is 13.2. The van der Waals surface area contributed by atoms with Crippen LogP contribution in [-0.2, 0) is 9.53 Å². The number of hydrogen-bond donors (Lipinski definition) is 1. The van der Waals surface area contributed by atoms with Gasteiger partial charge in [0.2, 0.25) is 11.8 Å². The first-order valence-electron chi connectivity index (χ1n) is 8.94. The molecule has 0 saturated carbocycles. The fourth-order valence-electron chi connectivity index (χ4n) is 4.55. The molecule has 3 aromatic rings. The van der Waals surface area contributed by atoms with Crippen LogP contribution in [0.3, 0.4) is 0 Å². The molecule has 0 aliphatic carbocycles. The van der Waals surface area contributed by atoms with Crippen LogP contribution in [0.4, 0.5) is 0 Å². The number of nitrogens with zero attached hydrogens (tertiary/aromatic N) is 3. The van der Waals surface area contributed by atoms with Crippen molar-refractivity contribution in [1.29, 1.82) is 0 Å². The fraction of sp³-hybridized carbons (Fsp3) is 0.300. The Morgan fingerprint density at radius 2 is 2.00 bits per heavy atom. The molecule has 138 valence electrons. The van der Waals surface area contributed by atoms with E-state index in [0.29, 0.717) is 24.3 Å². The van der Waals surface area contributed by atoms with E-state index in [1.165, 1.54) is 11.7 Å². The normalized spacial score (nSPS) is 20.4. The molecule has 0 spiro atoms. The van der Waals surface area contributed by atoms with Gasteiger partial charge < -0.3 is 14.7 Å². The smallest absolute Gasteiger partial charge is 0.336 e. The SMILES string of the molecule is COCC(=O)N1CC2CC1c1c(O)n(-c3cccc4ccccc34)c(=O)n12. The van der Waals surface area contributed by atoms with Crippen molar-refractivity contribution in [3.8, 4) is 11.6 Å². The van der Waals surface area contributed by atoms with Crippen LogP contribution in [0.15, 0.2) is 47.3 Å². The molecule has 2 aliphatic rings. The molecule has 2 unspecified atom stereocenters. The summed E-state index contributed by atoms with van der Waals surface area (Å²) in [6.07, 6.45) is 0.657. The molecule has 5 rings (SSSR count). The van der Waals surface area contributed by atoms with Gasteiger partial charge >= 0.3 is 5.69 Å². The molecule has 3 heterocycles. The lowest BCUT2D eigenvalue weighted by atomic mass is 10.1. The van der Waals surface area contributed by atoms with Crippen LogP contribution in [0.5, 0.6) is 5.88 Å². The highest BCUT2D eigenvalue weighted by molar-refractivity contribution is 5.90. The number of aromatic nitrogens is 2. The van der Waals surface area contributed by atoms with Crippen molar-refractivity contribution < 1.29 is 14.6 Å². The maximum Gasteiger partial charge on any atom is 0.336 e. The van der Waals surface area contributed by atoms with Crippen molar-refractivity contribution in [3.05, 3.63) is 58.6 Å². The zero-order valence-corrected chi connectivity index (χ0v) is 14.8. The molecular weight excluding hydrogens is 346 g/mol. The maximum absolute atomic E-state index is 13.2. The highest BCUT2D eigenvalue weighted by atomic mass is 16.5. The summed E-state index contributed by atoms with van der Waals surface area (Å²) in [4.78, 5) is 27.2. The third-order valence-corrected chi connectivity index (χ3v) is 5.65. The lowest BCUT2D eigenvalue weighted by Gasteiger charge is -2.27. The third kappa shape index (κ3) is 2.12. The molecule has 27 heavy (non-hydrogen) atoms. The molecule has 1 aromatic heterocycles. The van der Waals surface area contributed by atoms with Gasteiger partial charge in [-0.3, -0.25) is 9.36 Å². The molecule has 2 aliphatic heterocycles. The van der Waals surface area contributed by atoms with Crippen molar-refractivity contribution in [2.75, 3.05) is 20.3 Å². The Hall–Kier alpha value is -3.06. The van der Waals surface area contributed by atoms with Gasteiger partial charge in [0.15, 0.2) is 0 Å². The first kappa shape index (κ1) is 16.1. The zero-order chi connectivity index (χ0) is 18.7. The number of rotatable bonds is 3. The third-order valence-electron chi connectivity index (χ3n) is 5.65. The van der Waals surface area contributed by atoms with E-state index in [2.05, 4.69) is 0 Å². The van der Waals surface area contributed by atoms with Crippen molar-refractivity contribution in [1.82, 2.24) is 14.0 Å². The van der Waals surface area contributed by atoms with Crippen LogP contribution in [0.25, 0.3) is 16.5 Å². The average molecular weight is 365 g/mol. The Bertz CT molecular complexity index is 1120. The van der Waals surface area contributed by atoms with Crippen molar-refractivity contribution in [3.63, 3.8) is 0 Å². The van der Waals surface area contributed by atoms with E-state index in [4.69, 9.17) is 4.74 Å². The summed E-state index contributed by atoms with van der Waals surface area (Å²) in [5.41, 5.74) is 0.908. The minimum Gasteiger partial charge on any atom is -0.493 e. The summed E-state index contributed by atoms with van der Waals surface area (Å²) in [6, 6.07) is 13.0. The monoisotopic (exact) mass is 365 g/mol. The second-order valence-corrected chi connectivity index (χ2v) is 7.08. The molecule has 1 saturated heterocycles. The molecule has 0 radical (unpaired) electrons. The van der Waals surface area contributed by atoms with E-state index >= 15 is 0 Å². The van der Waals surface area contributed by atoms with E-state index in [-0.39, 0.29) is 36.2 Å². The van der Waals surface area contributed by atoms with E-state index in [1.54, 1.807) is 9.47 Å². The second kappa shape index (κ2) is 5.72. The number of amides is 1. The summed E-state index contributed by atoms with van der Waals surface area (Å²) < 4.78 is 7.97. The lowest BCUT2D eigenvalue weighted by molar-refractivity contribution is -0.136. The van der Waals surface area contributed by atoms with Gasteiger partial charge in [-0.05, 0) is 17.9 Å². The van der Waals surface area contributed by atoms with Crippen molar-refractivity contribution in [2.45, 2.75) is 18.5 Å². The minimum absolute atomic E-state index is 0.00174. The van der Waals surface area contributed by atoms with Crippen LogP contribution < -0.4 is 5.69 Å². The summed E-state index contributed by atoms with van der Waals surface area (Å²) in [5, 5.41) is 12.9. The van der Waals surface area contributed by atoms with Gasteiger partial charge in [0.05, 0.1) is 17.8 Å². The Morgan fingerprint density at radius 3 is 2.81 bits per heavy atom. The number of methoxy groups -OCH3 is 1. The van der Waals surface area contributed by atoms with Gasteiger partial charge in [0, 0.05) is 19.0 Å². The Balaban J connectivity index is 1.68. The topological polar surface area (TPSA) is 76.7 Å². The van der Waals surface area contributed by atoms with Gasteiger partial charge in [0.1, 0.15) is 12.3 Å². The zero-order valence-electron chi connectivity index (χ0n) is 14.8. The van der Waals surface area contributed by atoms with Crippen molar-refractivity contribution >= 4 is 16.7 Å². The van der Waals surface area contributed by atoms with Gasteiger partial charge in [0.25, 0.3) is 0 Å². The first-order valence-corrected chi connectivity index (χ1v) is 8.94. The summed E-state index contributed by atoms with van der Waals surface area (Å²) >= 11 is 0. The fourth-order valence-corrected chi connectivity index (χ4v) is 4.55. The Morgan fingerprint density at radius 1 is 1.22 bits per heavy atom. The number of aromatic hydroxyl groups is 1. The second-order valence-electron chi connectivity index (χ2n) is 7.08. The quantitative estimate of drug-likeness (QED) is 0.770. The van der Waals surface area contributed by atoms with E-state index in [1.807, 2.05) is 42.5 Å². The number of imidazole rings is 1. The number of carbonyl (C=O) groups excluding carboxylic acids is 1. The highest BCUT2D eigenvalue weighted by Gasteiger charge is 2.49. The molecule has 2 bridgehead atoms. The Labute approximate surface area is 155 Å². The van der Waals surface area contributed by atoms with Gasteiger partial charge in [-0.1, -0.05) is 36.4 Å². The van der Waals surface area contributed by atoms with Crippen LogP contribution in [0.1, 0.15) is 24.2 Å². The van der Waals surface area contributed by atoms with E-state index in [9.17, 15) is 14.7 Å². The minimum atomic E-state index is -0.290. The summed E-state index contributed by atoms with van der Waals surface area (Å²) in [6.45, 7) is 0.469.